The summed E-state index contributed by atoms with van der Waals surface area (Å²) in [5.41, 5.74) is 7.00. The largest absolute Gasteiger partial charge is 0.379 e. The van der Waals surface area contributed by atoms with E-state index >= 15 is 0 Å². The Hall–Kier alpha value is -0.850. The molecule has 1 aromatic rings. The standard InChI is InChI=1S/C16H23N3O2.2ClH/c17-15(13-4-2-1-3-5-13)16(20)19-7-6-14(12-19)18-8-10-21-11-9-18;;/h1-5,14-15H,6-12,17H2;2*1H. The van der Waals surface area contributed by atoms with E-state index in [1.807, 2.05) is 35.2 Å². The highest BCUT2D eigenvalue weighted by Gasteiger charge is 2.33. The molecule has 0 bridgehead atoms. The number of hydrogen-bond acceptors (Lipinski definition) is 4. The van der Waals surface area contributed by atoms with Gasteiger partial charge in [0.1, 0.15) is 6.04 Å². The van der Waals surface area contributed by atoms with Crippen LogP contribution >= 0.6 is 24.8 Å². The van der Waals surface area contributed by atoms with Gasteiger partial charge in [-0.05, 0) is 12.0 Å². The number of carbonyl (C=O) groups is 1. The van der Waals surface area contributed by atoms with Gasteiger partial charge in [0, 0.05) is 32.2 Å². The number of amides is 1. The molecule has 2 N–H and O–H groups in total. The lowest BCUT2D eigenvalue weighted by Crippen LogP contribution is -2.46. The van der Waals surface area contributed by atoms with E-state index in [9.17, 15) is 4.79 Å². The quantitative estimate of drug-likeness (QED) is 0.885. The van der Waals surface area contributed by atoms with E-state index in [2.05, 4.69) is 4.90 Å². The second-order valence-electron chi connectivity index (χ2n) is 5.76. The van der Waals surface area contributed by atoms with Crippen molar-refractivity contribution in [3.8, 4) is 0 Å². The van der Waals surface area contributed by atoms with Gasteiger partial charge < -0.3 is 15.4 Å². The Labute approximate surface area is 150 Å². The summed E-state index contributed by atoms with van der Waals surface area (Å²) in [7, 11) is 0. The number of nitrogens with two attached hydrogens (primary N) is 1. The summed E-state index contributed by atoms with van der Waals surface area (Å²) in [5, 5.41) is 0. The molecule has 2 fully saturated rings. The molecule has 130 valence electrons. The lowest BCUT2D eigenvalue weighted by atomic mass is 10.1. The number of morpholine rings is 1. The Balaban J connectivity index is 0.00000132. The van der Waals surface area contributed by atoms with E-state index < -0.39 is 6.04 Å². The molecule has 2 aliphatic rings. The fourth-order valence-corrected chi connectivity index (χ4v) is 3.18. The summed E-state index contributed by atoms with van der Waals surface area (Å²) >= 11 is 0. The van der Waals surface area contributed by atoms with Crippen LogP contribution in [0.4, 0.5) is 0 Å². The Morgan fingerprint density at radius 1 is 1.13 bits per heavy atom. The molecule has 1 aromatic carbocycles. The van der Waals surface area contributed by atoms with Crippen molar-refractivity contribution in [3.05, 3.63) is 35.9 Å². The number of ether oxygens (including phenoxy) is 1. The van der Waals surface area contributed by atoms with Gasteiger partial charge in [0.25, 0.3) is 0 Å². The van der Waals surface area contributed by atoms with Crippen LogP contribution < -0.4 is 5.73 Å². The Morgan fingerprint density at radius 2 is 1.78 bits per heavy atom. The average molecular weight is 362 g/mol. The van der Waals surface area contributed by atoms with Crippen molar-refractivity contribution < 1.29 is 9.53 Å². The monoisotopic (exact) mass is 361 g/mol. The number of nitrogens with zero attached hydrogens (tertiary/aromatic N) is 2. The third kappa shape index (κ3) is 4.81. The maximum absolute atomic E-state index is 12.5. The summed E-state index contributed by atoms with van der Waals surface area (Å²) in [5.74, 6) is 0.0389. The molecule has 0 radical (unpaired) electrons. The van der Waals surface area contributed by atoms with Crippen molar-refractivity contribution in [2.45, 2.75) is 18.5 Å². The fraction of sp³-hybridized carbons (Fsp3) is 0.562. The van der Waals surface area contributed by atoms with Crippen molar-refractivity contribution in [1.82, 2.24) is 9.80 Å². The lowest BCUT2D eigenvalue weighted by molar-refractivity contribution is -0.131. The first-order valence-electron chi connectivity index (χ1n) is 7.67. The number of rotatable bonds is 3. The summed E-state index contributed by atoms with van der Waals surface area (Å²) in [6.07, 6.45) is 1.03. The zero-order valence-electron chi connectivity index (χ0n) is 13.1. The third-order valence-electron chi connectivity index (χ3n) is 4.46. The predicted molar refractivity (Wildman–Crippen MR) is 95.2 cm³/mol. The first kappa shape index (κ1) is 20.2. The average Bonchev–Trinajstić information content (AvgIpc) is 3.05. The molecule has 23 heavy (non-hydrogen) atoms. The Bertz CT molecular complexity index is 483. The highest BCUT2D eigenvalue weighted by Crippen LogP contribution is 2.21. The van der Waals surface area contributed by atoms with Crippen LogP contribution in [0.5, 0.6) is 0 Å². The van der Waals surface area contributed by atoms with Gasteiger partial charge in [-0.1, -0.05) is 30.3 Å². The molecule has 2 saturated heterocycles. The number of likely N-dealkylation sites (tertiary alicyclic amines) is 1. The molecule has 2 aliphatic heterocycles. The maximum Gasteiger partial charge on any atom is 0.244 e. The van der Waals surface area contributed by atoms with Crippen LogP contribution in [0.15, 0.2) is 30.3 Å². The summed E-state index contributed by atoms with van der Waals surface area (Å²) in [4.78, 5) is 16.9. The summed E-state index contributed by atoms with van der Waals surface area (Å²) in [6.45, 7) is 5.14. The molecule has 7 heteroatoms. The minimum Gasteiger partial charge on any atom is -0.379 e. The van der Waals surface area contributed by atoms with Crippen molar-refractivity contribution in [2.24, 2.45) is 5.73 Å². The second kappa shape index (κ2) is 9.45. The van der Waals surface area contributed by atoms with E-state index in [-0.39, 0.29) is 30.7 Å². The molecule has 1 amide bonds. The molecule has 2 unspecified atom stereocenters. The van der Waals surface area contributed by atoms with Crippen molar-refractivity contribution in [2.75, 3.05) is 39.4 Å². The maximum atomic E-state index is 12.5. The van der Waals surface area contributed by atoms with Crippen LogP contribution in [-0.2, 0) is 9.53 Å². The van der Waals surface area contributed by atoms with Crippen LogP contribution in [0.2, 0.25) is 0 Å². The molecule has 0 saturated carbocycles. The van der Waals surface area contributed by atoms with E-state index in [1.165, 1.54) is 0 Å². The highest BCUT2D eigenvalue weighted by atomic mass is 35.5. The van der Waals surface area contributed by atoms with Crippen molar-refractivity contribution >= 4 is 30.7 Å². The summed E-state index contributed by atoms with van der Waals surface area (Å²) in [6, 6.07) is 9.52. The number of carbonyl (C=O) groups excluding carboxylic acids is 1. The number of benzene rings is 1. The van der Waals surface area contributed by atoms with Gasteiger partial charge in [-0.15, -0.1) is 24.8 Å². The molecular weight excluding hydrogens is 337 g/mol. The Morgan fingerprint density at radius 3 is 2.43 bits per heavy atom. The van der Waals surface area contributed by atoms with Gasteiger partial charge in [0.2, 0.25) is 5.91 Å². The van der Waals surface area contributed by atoms with E-state index in [0.717, 1.165) is 51.4 Å². The smallest absolute Gasteiger partial charge is 0.244 e. The molecule has 2 atom stereocenters. The van der Waals surface area contributed by atoms with Crippen LogP contribution in [0.25, 0.3) is 0 Å². The highest BCUT2D eigenvalue weighted by molar-refractivity contribution is 5.85. The van der Waals surface area contributed by atoms with Crippen LogP contribution in [0.1, 0.15) is 18.0 Å². The molecule has 2 heterocycles. The van der Waals surface area contributed by atoms with Crippen molar-refractivity contribution in [3.63, 3.8) is 0 Å². The van der Waals surface area contributed by atoms with Gasteiger partial charge in [-0.3, -0.25) is 9.69 Å². The molecule has 3 rings (SSSR count). The zero-order chi connectivity index (χ0) is 14.7. The summed E-state index contributed by atoms with van der Waals surface area (Å²) < 4.78 is 5.39. The van der Waals surface area contributed by atoms with Crippen LogP contribution in [-0.4, -0.2) is 61.1 Å². The van der Waals surface area contributed by atoms with Gasteiger partial charge in [0.05, 0.1) is 13.2 Å². The normalized spacial score (nSPS) is 22.8. The van der Waals surface area contributed by atoms with Crippen molar-refractivity contribution in [1.29, 1.82) is 0 Å². The fourth-order valence-electron chi connectivity index (χ4n) is 3.18. The first-order chi connectivity index (χ1) is 10.3. The van der Waals surface area contributed by atoms with E-state index in [1.54, 1.807) is 0 Å². The molecule has 0 aliphatic carbocycles. The molecule has 0 aromatic heterocycles. The predicted octanol–water partition coefficient (Wildman–Crippen LogP) is 1.46. The topological polar surface area (TPSA) is 58.8 Å². The molecule has 0 spiro atoms. The SMILES string of the molecule is Cl.Cl.NC(C(=O)N1CCC(N2CCOCC2)C1)c1ccccc1. The minimum atomic E-state index is -0.547. The molecule has 5 nitrogen and oxygen atoms in total. The third-order valence-corrected chi connectivity index (χ3v) is 4.46. The molecular formula is C16H25Cl2N3O2. The van der Waals surface area contributed by atoms with Gasteiger partial charge in [-0.25, -0.2) is 0 Å². The number of halogens is 2. The van der Waals surface area contributed by atoms with Gasteiger partial charge >= 0.3 is 0 Å². The zero-order valence-corrected chi connectivity index (χ0v) is 14.7. The van der Waals surface area contributed by atoms with E-state index in [4.69, 9.17) is 10.5 Å². The van der Waals surface area contributed by atoms with E-state index in [0.29, 0.717) is 6.04 Å². The number of hydrogen-bond donors (Lipinski definition) is 1. The first-order valence-corrected chi connectivity index (χ1v) is 7.67. The van der Waals surface area contributed by atoms with Crippen LogP contribution in [0.3, 0.4) is 0 Å². The lowest BCUT2D eigenvalue weighted by Gasteiger charge is -2.32. The Kier molecular flexibility index (Phi) is 8.29. The second-order valence-corrected chi connectivity index (χ2v) is 5.76. The van der Waals surface area contributed by atoms with Crippen LogP contribution in [0, 0.1) is 0 Å². The minimum absolute atomic E-state index is 0. The van der Waals surface area contributed by atoms with Gasteiger partial charge in [0.15, 0.2) is 0 Å². The van der Waals surface area contributed by atoms with Gasteiger partial charge in [-0.2, -0.15) is 0 Å².